The van der Waals surface area contributed by atoms with Gasteiger partial charge >= 0.3 is 0 Å². The van der Waals surface area contributed by atoms with Crippen molar-refractivity contribution < 1.29 is 4.42 Å². The summed E-state index contributed by atoms with van der Waals surface area (Å²) in [6, 6.07) is 87.4. The van der Waals surface area contributed by atoms with Gasteiger partial charge in [0.15, 0.2) is 0 Å². The van der Waals surface area contributed by atoms with E-state index in [1.807, 2.05) is 29.9 Å². The normalized spacial score (nSPS) is 11.9. The molecule has 0 spiro atoms. The largest absolute Gasteiger partial charge is 0.438 e. The first-order valence-corrected chi connectivity index (χ1v) is 26.7. The number of para-hydroxylation sites is 3. The van der Waals surface area contributed by atoms with Gasteiger partial charge in [0, 0.05) is 65.7 Å². The topological polar surface area (TPSA) is 52.0 Å². The highest BCUT2D eigenvalue weighted by molar-refractivity contribution is 7.26. The van der Waals surface area contributed by atoms with Crippen molar-refractivity contribution in [1.82, 2.24) is 19.1 Å². The van der Waals surface area contributed by atoms with Gasteiger partial charge in [0.1, 0.15) is 5.58 Å². The second-order valence-corrected chi connectivity index (χ2v) is 20.9. The fourth-order valence-electron chi connectivity index (χ4n) is 11.9. The molecule has 16 rings (SSSR count). The molecule has 0 aliphatic heterocycles. The molecule has 6 nitrogen and oxygen atoms in total. The molecule has 7 heteroatoms. The summed E-state index contributed by atoms with van der Waals surface area (Å²) < 4.78 is 13.6. The molecule has 6 heterocycles. The molecule has 0 saturated carbocycles. The number of anilines is 3. The number of hydrogen-bond donors (Lipinski definition) is 0. The molecule has 0 amide bonds. The minimum absolute atomic E-state index is 0.617. The standard InChI is InChI=1S/C70H43N5OS/c1-4-15-44(16-5-1)47-28-33-67-58(37-47)60-40-53(41-72-70(60)76-67)75-64-31-27-49(36-56(64)57-39-52(30-32-65(57)75)74-62-25-12-10-23-54(62)55-24-11-13-26-63(55)74)46-19-14-22-51(35-46)73(50-20-8-3-9-21-50)66-43-71-42-61-59-38-48(45-17-6-2-7-18-45)29-34-68(59)77-69(61)66/h1-43H. The quantitative estimate of drug-likeness (QED) is 0.152. The van der Waals surface area contributed by atoms with Crippen LogP contribution in [0.2, 0.25) is 0 Å². The number of pyridine rings is 2. The molecule has 0 bridgehead atoms. The van der Waals surface area contributed by atoms with E-state index in [1.54, 1.807) is 0 Å². The first-order valence-electron chi connectivity index (χ1n) is 25.9. The molecule has 0 aliphatic rings. The fraction of sp³-hybridized carbons (Fsp3) is 0. The van der Waals surface area contributed by atoms with Gasteiger partial charge in [0.2, 0.25) is 5.71 Å². The number of thiophene rings is 1. The van der Waals surface area contributed by atoms with Crippen molar-refractivity contribution in [2.45, 2.75) is 0 Å². The van der Waals surface area contributed by atoms with Crippen LogP contribution in [0.25, 0.3) is 131 Å². The Balaban J connectivity index is 0.879. The zero-order valence-electron chi connectivity index (χ0n) is 41.4. The van der Waals surface area contributed by atoms with Crippen molar-refractivity contribution in [3.8, 4) is 44.8 Å². The molecule has 360 valence electrons. The average molecular weight is 1000 g/mol. The molecule has 0 unspecified atom stereocenters. The third kappa shape index (κ3) is 6.95. The highest BCUT2D eigenvalue weighted by Crippen LogP contribution is 2.46. The number of rotatable bonds is 8. The SMILES string of the molecule is c1ccc(-c2ccc3oc4ncc(-n5c6ccc(-c7cccc(N(c8ccccc8)c8cncc9c8sc8ccc(-c%10ccccc%10)cc89)c7)cc6c6cc(-n7c8ccccc8c8ccccc87)ccc65)cc4c3c2)cc1. The van der Waals surface area contributed by atoms with E-state index in [0.29, 0.717) is 5.71 Å². The lowest BCUT2D eigenvalue weighted by Gasteiger charge is -2.26. The molecule has 0 radical (unpaired) electrons. The van der Waals surface area contributed by atoms with Crippen molar-refractivity contribution >= 4 is 114 Å². The summed E-state index contributed by atoms with van der Waals surface area (Å²) >= 11 is 1.82. The number of benzene rings is 10. The Hall–Kier alpha value is -10.1. The molecule has 0 fully saturated rings. The second kappa shape index (κ2) is 17.2. The Labute approximate surface area is 446 Å². The summed E-state index contributed by atoms with van der Waals surface area (Å²) in [4.78, 5) is 12.3. The predicted octanol–water partition coefficient (Wildman–Crippen LogP) is 19.4. The van der Waals surface area contributed by atoms with E-state index in [2.05, 4.69) is 257 Å². The average Bonchev–Trinajstić information content (AvgIpc) is 4.42. The van der Waals surface area contributed by atoms with E-state index < -0.39 is 0 Å². The molecular formula is C70H43N5OS. The number of furan rings is 1. The van der Waals surface area contributed by atoms with Crippen LogP contribution in [0.4, 0.5) is 17.1 Å². The van der Waals surface area contributed by atoms with Crippen LogP contribution in [0.15, 0.2) is 266 Å². The Morgan fingerprint density at radius 2 is 0.896 bits per heavy atom. The lowest BCUT2D eigenvalue weighted by molar-refractivity contribution is 0.654. The van der Waals surface area contributed by atoms with Crippen molar-refractivity contribution in [3.05, 3.63) is 261 Å². The number of hydrogen-bond acceptors (Lipinski definition) is 5. The minimum Gasteiger partial charge on any atom is -0.438 e. The van der Waals surface area contributed by atoms with Gasteiger partial charge in [-0.3, -0.25) is 4.98 Å². The van der Waals surface area contributed by atoms with E-state index in [4.69, 9.17) is 14.4 Å². The summed E-state index contributed by atoms with van der Waals surface area (Å²) in [5.74, 6) is 0. The van der Waals surface area contributed by atoms with Crippen LogP contribution in [-0.2, 0) is 0 Å². The smallest absolute Gasteiger partial charge is 0.227 e. The van der Waals surface area contributed by atoms with Crippen molar-refractivity contribution in [1.29, 1.82) is 0 Å². The third-order valence-electron chi connectivity index (χ3n) is 15.4. The Morgan fingerprint density at radius 1 is 0.351 bits per heavy atom. The third-order valence-corrected chi connectivity index (χ3v) is 16.6. The maximum absolute atomic E-state index is 6.39. The highest BCUT2D eigenvalue weighted by atomic mass is 32.1. The van der Waals surface area contributed by atoms with Gasteiger partial charge in [-0.2, -0.15) is 0 Å². The van der Waals surface area contributed by atoms with E-state index in [1.165, 1.54) is 47.7 Å². The number of aromatic nitrogens is 4. The molecule has 0 saturated heterocycles. The Kier molecular flexibility index (Phi) is 9.71. The van der Waals surface area contributed by atoms with Crippen LogP contribution >= 0.6 is 11.3 Å². The predicted molar refractivity (Wildman–Crippen MR) is 322 cm³/mol. The van der Waals surface area contributed by atoms with Crippen molar-refractivity contribution in [3.63, 3.8) is 0 Å². The van der Waals surface area contributed by atoms with Gasteiger partial charge in [-0.1, -0.05) is 146 Å². The van der Waals surface area contributed by atoms with E-state index in [9.17, 15) is 0 Å². The summed E-state index contributed by atoms with van der Waals surface area (Å²) in [5, 5.41) is 9.12. The number of fused-ring (bicyclic) bond motifs is 12. The maximum atomic E-state index is 6.39. The van der Waals surface area contributed by atoms with Gasteiger partial charge in [0.25, 0.3) is 0 Å². The lowest BCUT2D eigenvalue weighted by Crippen LogP contribution is -2.10. The van der Waals surface area contributed by atoms with Crippen LogP contribution in [0, 0.1) is 0 Å². The molecule has 6 aromatic heterocycles. The summed E-state index contributed by atoms with van der Waals surface area (Å²) in [6.07, 6.45) is 6.00. The second-order valence-electron chi connectivity index (χ2n) is 19.8. The van der Waals surface area contributed by atoms with Crippen LogP contribution in [0.1, 0.15) is 0 Å². The van der Waals surface area contributed by atoms with E-state index in [0.717, 1.165) is 94.2 Å². The van der Waals surface area contributed by atoms with Crippen LogP contribution in [0.5, 0.6) is 0 Å². The van der Waals surface area contributed by atoms with Crippen molar-refractivity contribution in [2.75, 3.05) is 4.90 Å². The van der Waals surface area contributed by atoms with Gasteiger partial charge in [0.05, 0.1) is 55.9 Å². The van der Waals surface area contributed by atoms with Crippen LogP contribution in [-0.4, -0.2) is 19.1 Å². The Bertz CT molecular complexity index is 4940. The summed E-state index contributed by atoms with van der Waals surface area (Å²) in [5.41, 5.74) is 18.1. The first-order chi connectivity index (χ1) is 38.2. The number of nitrogens with zero attached hydrogens (tertiary/aromatic N) is 5. The highest BCUT2D eigenvalue weighted by Gasteiger charge is 2.22. The minimum atomic E-state index is 0.617. The van der Waals surface area contributed by atoms with E-state index in [-0.39, 0.29) is 0 Å². The zero-order chi connectivity index (χ0) is 50.6. The molecule has 10 aromatic carbocycles. The summed E-state index contributed by atoms with van der Waals surface area (Å²) in [6.45, 7) is 0. The molecule has 0 N–H and O–H groups in total. The lowest BCUT2D eigenvalue weighted by atomic mass is 10.0. The van der Waals surface area contributed by atoms with E-state index >= 15 is 0 Å². The maximum Gasteiger partial charge on any atom is 0.227 e. The molecule has 0 atom stereocenters. The van der Waals surface area contributed by atoms with Gasteiger partial charge in [-0.15, -0.1) is 11.3 Å². The van der Waals surface area contributed by atoms with Crippen LogP contribution < -0.4 is 4.90 Å². The zero-order valence-corrected chi connectivity index (χ0v) is 42.2. The van der Waals surface area contributed by atoms with Crippen LogP contribution in [0.3, 0.4) is 0 Å². The van der Waals surface area contributed by atoms with Gasteiger partial charge in [-0.25, -0.2) is 4.98 Å². The fourth-order valence-corrected chi connectivity index (χ4v) is 13.0. The molecule has 16 aromatic rings. The summed E-state index contributed by atoms with van der Waals surface area (Å²) in [7, 11) is 0. The van der Waals surface area contributed by atoms with Gasteiger partial charge in [-0.05, 0) is 130 Å². The molecule has 77 heavy (non-hydrogen) atoms. The Morgan fingerprint density at radius 3 is 1.65 bits per heavy atom. The molecular weight excluding hydrogens is 959 g/mol. The first kappa shape index (κ1) is 43.3. The monoisotopic (exact) mass is 1000 g/mol. The van der Waals surface area contributed by atoms with Crippen molar-refractivity contribution in [2.24, 2.45) is 0 Å². The van der Waals surface area contributed by atoms with Gasteiger partial charge < -0.3 is 18.5 Å². The molecule has 0 aliphatic carbocycles.